The zero-order valence-corrected chi connectivity index (χ0v) is 21.3. The molecule has 0 unspecified atom stereocenters. The summed E-state index contributed by atoms with van der Waals surface area (Å²) in [6, 6.07) is 13.3. The molecule has 3 rings (SSSR count). The molecule has 1 aromatic heterocycles. The summed E-state index contributed by atoms with van der Waals surface area (Å²) < 4.78 is 16.2. The molecule has 6 nitrogen and oxygen atoms in total. The Morgan fingerprint density at radius 2 is 1.68 bits per heavy atom. The number of aryl methyl sites for hydroxylation is 2. The Balaban J connectivity index is 1.80. The van der Waals surface area contributed by atoms with Gasteiger partial charge in [-0.15, -0.1) is 11.3 Å². The molecule has 0 aliphatic carbocycles. The van der Waals surface area contributed by atoms with Gasteiger partial charge in [0.25, 0.3) is 5.91 Å². The zero-order valence-electron chi connectivity index (χ0n) is 20.5. The van der Waals surface area contributed by atoms with Gasteiger partial charge in [-0.05, 0) is 67.6 Å². The number of esters is 1. The summed E-state index contributed by atoms with van der Waals surface area (Å²) in [4.78, 5) is 26.2. The first-order valence-corrected chi connectivity index (χ1v) is 12.0. The number of amides is 1. The van der Waals surface area contributed by atoms with Gasteiger partial charge in [-0.1, -0.05) is 32.0 Å². The largest absolute Gasteiger partial charge is 0.494 e. The van der Waals surface area contributed by atoms with Crippen molar-refractivity contribution in [2.24, 2.45) is 0 Å². The molecule has 0 fully saturated rings. The summed E-state index contributed by atoms with van der Waals surface area (Å²) in [5, 5.41) is 3.27. The van der Waals surface area contributed by atoms with Gasteiger partial charge in [0, 0.05) is 10.4 Å². The van der Waals surface area contributed by atoms with Crippen LogP contribution in [0.1, 0.15) is 53.1 Å². The van der Waals surface area contributed by atoms with E-state index in [2.05, 4.69) is 19.2 Å². The monoisotopic (exact) mass is 481 g/mol. The van der Waals surface area contributed by atoms with E-state index in [1.54, 1.807) is 0 Å². The molecule has 1 amide bonds. The molecule has 0 atom stereocenters. The van der Waals surface area contributed by atoms with Crippen LogP contribution in [0.2, 0.25) is 0 Å². The third-order valence-electron chi connectivity index (χ3n) is 5.41. The average Bonchev–Trinajstić information content (AvgIpc) is 3.13. The predicted octanol–water partition coefficient (Wildman–Crippen LogP) is 6.36. The Morgan fingerprint density at radius 1 is 1.00 bits per heavy atom. The number of carbonyl (C=O) groups is 2. The van der Waals surface area contributed by atoms with Crippen molar-refractivity contribution in [2.45, 2.75) is 40.5 Å². The van der Waals surface area contributed by atoms with Gasteiger partial charge in [0.15, 0.2) is 6.61 Å². The van der Waals surface area contributed by atoms with Crippen molar-refractivity contribution < 1.29 is 23.8 Å². The number of carbonyl (C=O) groups excluding carboxylic acids is 2. The number of thiophene rings is 1. The highest BCUT2D eigenvalue weighted by atomic mass is 32.1. The quantitative estimate of drug-likeness (QED) is 0.360. The lowest BCUT2D eigenvalue weighted by atomic mass is 9.98. The summed E-state index contributed by atoms with van der Waals surface area (Å²) in [7, 11) is 1.33. The summed E-state index contributed by atoms with van der Waals surface area (Å²) in [6.45, 7) is 10.5. The Kier molecular flexibility index (Phi) is 8.34. The van der Waals surface area contributed by atoms with Gasteiger partial charge < -0.3 is 19.5 Å². The van der Waals surface area contributed by atoms with Crippen LogP contribution in [-0.2, 0) is 9.53 Å². The molecule has 2 aromatic carbocycles. The predicted molar refractivity (Wildman–Crippen MR) is 136 cm³/mol. The van der Waals surface area contributed by atoms with E-state index in [0.717, 1.165) is 27.3 Å². The fourth-order valence-corrected chi connectivity index (χ4v) is 4.94. The van der Waals surface area contributed by atoms with Crippen LogP contribution in [0, 0.1) is 13.8 Å². The van der Waals surface area contributed by atoms with Crippen molar-refractivity contribution in [1.82, 2.24) is 0 Å². The van der Waals surface area contributed by atoms with Gasteiger partial charge in [-0.2, -0.15) is 0 Å². The first-order chi connectivity index (χ1) is 16.2. The molecule has 0 spiro atoms. The van der Waals surface area contributed by atoms with Gasteiger partial charge in [-0.3, -0.25) is 4.79 Å². The van der Waals surface area contributed by atoms with Crippen LogP contribution in [0.25, 0.3) is 11.1 Å². The molecule has 0 saturated carbocycles. The Morgan fingerprint density at radius 3 is 2.26 bits per heavy atom. The maximum atomic E-state index is 12.7. The second-order valence-corrected chi connectivity index (χ2v) is 9.42. The van der Waals surface area contributed by atoms with Crippen LogP contribution in [0.15, 0.2) is 42.5 Å². The topological polar surface area (TPSA) is 73.9 Å². The summed E-state index contributed by atoms with van der Waals surface area (Å²) in [5.74, 6) is 0.934. The number of hydrogen-bond acceptors (Lipinski definition) is 6. The first kappa shape index (κ1) is 25.3. The highest BCUT2D eigenvalue weighted by Crippen LogP contribution is 2.40. The lowest BCUT2D eigenvalue weighted by molar-refractivity contribution is -0.118. The maximum Gasteiger partial charge on any atom is 0.341 e. The summed E-state index contributed by atoms with van der Waals surface area (Å²) in [5.41, 5.74) is 4.27. The smallest absolute Gasteiger partial charge is 0.341 e. The molecular weight excluding hydrogens is 450 g/mol. The highest BCUT2D eigenvalue weighted by molar-refractivity contribution is 7.17. The van der Waals surface area contributed by atoms with E-state index < -0.39 is 5.97 Å². The Hall–Kier alpha value is -3.32. The second-order valence-electron chi connectivity index (χ2n) is 8.20. The Labute approximate surface area is 204 Å². The van der Waals surface area contributed by atoms with Crippen LogP contribution < -0.4 is 14.8 Å². The van der Waals surface area contributed by atoms with Gasteiger partial charge in [-0.25, -0.2) is 4.79 Å². The van der Waals surface area contributed by atoms with Gasteiger partial charge >= 0.3 is 5.97 Å². The van der Waals surface area contributed by atoms with Crippen LogP contribution in [-0.4, -0.2) is 32.2 Å². The highest BCUT2D eigenvalue weighted by Gasteiger charge is 2.25. The fourth-order valence-electron chi connectivity index (χ4n) is 3.86. The van der Waals surface area contributed by atoms with Crippen LogP contribution in [0.5, 0.6) is 11.5 Å². The van der Waals surface area contributed by atoms with Crippen molar-refractivity contribution in [2.75, 3.05) is 25.6 Å². The van der Waals surface area contributed by atoms with E-state index in [0.29, 0.717) is 28.8 Å². The lowest BCUT2D eigenvalue weighted by Gasteiger charge is -2.12. The van der Waals surface area contributed by atoms with Gasteiger partial charge in [0.1, 0.15) is 22.1 Å². The number of rotatable bonds is 9. The molecular formula is C27H31NO5S. The molecule has 7 heteroatoms. The minimum absolute atomic E-state index is 0.170. The van der Waals surface area contributed by atoms with Crippen molar-refractivity contribution >= 4 is 28.2 Å². The Bertz CT molecular complexity index is 1160. The van der Waals surface area contributed by atoms with Crippen LogP contribution in [0.3, 0.4) is 0 Å². The maximum absolute atomic E-state index is 12.7. The number of benzene rings is 2. The van der Waals surface area contributed by atoms with Crippen molar-refractivity contribution in [3.8, 4) is 22.6 Å². The van der Waals surface area contributed by atoms with Gasteiger partial charge in [0.2, 0.25) is 0 Å². The lowest BCUT2D eigenvalue weighted by Crippen LogP contribution is -2.21. The minimum Gasteiger partial charge on any atom is -0.494 e. The van der Waals surface area contributed by atoms with E-state index in [1.807, 2.05) is 63.2 Å². The third-order valence-corrected chi connectivity index (χ3v) is 6.43. The van der Waals surface area contributed by atoms with Crippen molar-refractivity contribution in [1.29, 1.82) is 0 Å². The van der Waals surface area contributed by atoms with Crippen molar-refractivity contribution in [3.63, 3.8) is 0 Å². The van der Waals surface area contributed by atoms with E-state index in [9.17, 15) is 9.59 Å². The van der Waals surface area contributed by atoms with Crippen LogP contribution in [0.4, 0.5) is 5.00 Å². The second kappa shape index (κ2) is 11.2. The third kappa shape index (κ3) is 5.78. The molecule has 180 valence electrons. The molecule has 0 aliphatic rings. The minimum atomic E-state index is -0.510. The summed E-state index contributed by atoms with van der Waals surface area (Å²) >= 11 is 1.33. The van der Waals surface area contributed by atoms with E-state index in [-0.39, 0.29) is 12.5 Å². The fraction of sp³-hybridized carbons (Fsp3) is 0.333. The van der Waals surface area contributed by atoms with E-state index in [4.69, 9.17) is 14.2 Å². The number of methoxy groups -OCH3 is 1. The van der Waals surface area contributed by atoms with Crippen LogP contribution >= 0.6 is 11.3 Å². The molecule has 1 N–H and O–H groups in total. The average molecular weight is 482 g/mol. The molecule has 3 aromatic rings. The van der Waals surface area contributed by atoms with Crippen molar-refractivity contribution in [3.05, 3.63) is 64.0 Å². The summed E-state index contributed by atoms with van der Waals surface area (Å²) in [6.07, 6.45) is 0. The number of ether oxygens (including phenoxy) is 3. The van der Waals surface area contributed by atoms with Gasteiger partial charge in [0.05, 0.1) is 13.7 Å². The molecule has 0 aliphatic heterocycles. The zero-order chi connectivity index (χ0) is 24.8. The molecule has 1 heterocycles. The molecule has 0 saturated heterocycles. The van der Waals surface area contributed by atoms with E-state index in [1.165, 1.54) is 24.0 Å². The standard InChI is InChI=1S/C27H31NO5S/c1-7-32-20-10-8-19(9-11-20)24-18(5)34-26(25(24)27(30)31-6)28-23(29)15-33-21-12-13-22(16(2)3)17(4)14-21/h8-14,16H,7,15H2,1-6H3,(H,28,29). The molecule has 0 bridgehead atoms. The number of hydrogen-bond donors (Lipinski definition) is 1. The SMILES string of the molecule is CCOc1ccc(-c2c(C)sc(NC(=O)COc3ccc(C(C)C)c(C)c3)c2C(=O)OC)cc1. The van der Waals surface area contributed by atoms with E-state index >= 15 is 0 Å². The first-order valence-electron chi connectivity index (χ1n) is 11.2. The normalized spacial score (nSPS) is 10.8. The molecule has 34 heavy (non-hydrogen) atoms. The number of anilines is 1. The molecule has 0 radical (unpaired) electrons. The number of nitrogens with one attached hydrogen (secondary N) is 1.